The smallest absolute Gasteiger partial charge is 0.142 e. The highest BCUT2D eigenvalue weighted by Gasteiger charge is 2.36. The number of fused-ring (bicyclic) bond motifs is 1. The Labute approximate surface area is 245 Å². The molecule has 4 atom stereocenters. The van der Waals surface area contributed by atoms with Gasteiger partial charge in [0, 0.05) is 59.4 Å². The van der Waals surface area contributed by atoms with Gasteiger partial charge in [-0.05, 0) is 48.2 Å². The van der Waals surface area contributed by atoms with E-state index >= 15 is 0 Å². The minimum Gasteiger partial charge on any atom is -0.494 e. The van der Waals surface area contributed by atoms with Gasteiger partial charge >= 0.3 is 0 Å². The molecule has 228 valence electrons. The lowest BCUT2D eigenvalue weighted by atomic mass is 9.85. The van der Waals surface area contributed by atoms with Gasteiger partial charge < -0.3 is 43.7 Å². The van der Waals surface area contributed by atoms with Crippen LogP contribution in [-0.4, -0.2) is 96.9 Å². The van der Waals surface area contributed by atoms with E-state index in [2.05, 4.69) is 40.5 Å². The van der Waals surface area contributed by atoms with Crippen molar-refractivity contribution in [1.82, 2.24) is 5.32 Å². The van der Waals surface area contributed by atoms with Crippen LogP contribution in [0.25, 0.3) is 0 Å². The molecule has 0 saturated carbocycles. The number of anilines is 1. The first-order valence-corrected chi connectivity index (χ1v) is 15.0. The number of aliphatic hydroxyl groups excluding tert-OH is 1. The molecule has 2 aliphatic rings. The first-order chi connectivity index (χ1) is 20.1. The second-order valence-electron chi connectivity index (χ2n) is 10.7. The molecule has 0 aromatic heterocycles. The number of aliphatic hydroxyl groups is 1. The van der Waals surface area contributed by atoms with E-state index in [0.717, 1.165) is 60.9 Å². The van der Waals surface area contributed by atoms with Crippen LogP contribution in [0.5, 0.6) is 11.5 Å². The lowest BCUT2D eigenvalue weighted by Gasteiger charge is -2.39. The fourth-order valence-electron chi connectivity index (χ4n) is 5.39. The molecular weight excluding hydrogens is 524 g/mol. The van der Waals surface area contributed by atoms with Gasteiger partial charge in [-0.1, -0.05) is 25.1 Å². The number of benzene rings is 2. The number of nitrogens with zero attached hydrogens (tertiary/aromatic N) is 1. The molecule has 0 spiro atoms. The second kappa shape index (κ2) is 16.9. The summed E-state index contributed by atoms with van der Waals surface area (Å²) in [6.07, 6.45) is 1.76. The molecule has 2 aliphatic heterocycles. The summed E-state index contributed by atoms with van der Waals surface area (Å²) in [5.41, 5.74) is 3.36. The Hall–Kier alpha value is -2.40. The van der Waals surface area contributed by atoms with E-state index in [1.165, 1.54) is 0 Å². The van der Waals surface area contributed by atoms with E-state index in [1.807, 2.05) is 19.1 Å². The Balaban J connectivity index is 1.46. The number of hydrogen-bond acceptors (Lipinski definition) is 9. The third-order valence-electron chi connectivity index (χ3n) is 7.72. The van der Waals surface area contributed by atoms with Crippen LogP contribution in [0.1, 0.15) is 43.2 Å². The zero-order valence-corrected chi connectivity index (χ0v) is 24.9. The Morgan fingerprint density at radius 1 is 0.976 bits per heavy atom. The summed E-state index contributed by atoms with van der Waals surface area (Å²) in [5.74, 6) is 1.76. The molecule has 1 unspecified atom stereocenters. The van der Waals surface area contributed by atoms with Gasteiger partial charge in [-0.3, -0.25) is 0 Å². The number of ether oxygens (including phenoxy) is 6. The molecule has 41 heavy (non-hydrogen) atoms. The van der Waals surface area contributed by atoms with Crippen molar-refractivity contribution in [3.63, 3.8) is 0 Å². The van der Waals surface area contributed by atoms with Crippen molar-refractivity contribution in [3.8, 4) is 11.5 Å². The van der Waals surface area contributed by atoms with Crippen LogP contribution in [0, 0.1) is 0 Å². The quantitative estimate of drug-likeness (QED) is 0.275. The third kappa shape index (κ3) is 9.30. The Morgan fingerprint density at radius 3 is 2.49 bits per heavy atom. The van der Waals surface area contributed by atoms with Crippen molar-refractivity contribution in [1.29, 1.82) is 0 Å². The molecule has 9 heteroatoms. The van der Waals surface area contributed by atoms with Crippen LogP contribution in [0.4, 0.5) is 5.69 Å². The van der Waals surface area contributed by atoms with Crippen LogP contribution in [0.15, 0.2) is 42.5 Å². The number of methoxy groups -OCH3 is 2. The van der Waals surface area contributed by atoms with E-state index in [0.29, 0.717) is 52.5 Å². The standard InChI is InChI=1S/C32H48N2O7/c1-4-26(35)23-41-31-21-33-20-30(32(31)25-8-10-27(11-9-25)38-17-6-16-37-3)40-22-24-7-12-29-28(19-24)34(14-18-39-29)13-5-15-36-2/h7-12,19,26,30-33,35H,4-6,13-18,20-23H2,1-3H3/t26?,30-,31+,32+/m0/s1. The molecule has 4 rings (SSSR count). The topological polar surface area (TPSA) is 90.9 Å². The van der Waals surface area contributed by atoms with Crippen LogP contribution >= 0.6 is 0 Å². The van der Waals surface area contributed by atoms with Crippen molar-refractivity contribution in [2.45, 2.75) is 57.0 Å². The monoisotopic (exact) mass is 572 g/mol. The molecule has 0 aliphatic carbocycles. The summed E-state index contributed by atoms with van der Waals surface area (Å²) < 4.78 is 35.1. The van der Waals surface area contributed by atoms with E-state index < -0.39 is 6.10 Å². The van der Waals surface area contributed by atoms with E-state index in [9.17, 15) is 5.11 Å². The minimum atomic E-state index is -0.482. The number of piperidine rings is 1. The fraction of sp³-hybridized carbons (Fsp3) is 0.625. The summed E-state index contributed by atoms with van der Waals surface area (Å²) in [7, 11) is 3.44. The molecular formula is C32H48N2O7. The fourth-order valence-corrected chi connectivity index (χ4v) is 5.39. The molecule has 2 aromatic carbocycles. The van der Waals surface area contributed by atoms with Crippen LogP contribution in [0.3, 0.4) is 0 Å². The SMILES string of the molecule is CCC(O)CO[C@@H]1CNC[C@H](OCc2ccc3c(c2)N(CCCOC)CCO3)[C@H]1c1ccc(OCCCOC)cc1. The van der Waals surface area contributed by atoms with Gasteiger partial charge in [0.15, 0.2) is 0 Å². The summed E-state index contributed by atoms with van der Waals surface area (Å²) in [4.78, 5) is 2.37. The predicted molar refractivity (Wildman–Crippen MR) is 159 cm³/mol. The number of hydrogen-bond donors (Lipinski definition) is 2. The van der Waals surface area contributed by atoms with Crippen molar-refractivity contribution in [2.75, 3.05) is 78.3 Å². The average Bonchev–Trinajstić information content (AvgIpc) is 3.01. The van der Waals surface area contributed by atoms with Crippen LogP contribution in [-0.2, 0) is 25.6 Å². The van der Waals surface area contributed by atoms with Crippen molar-refractivity contribution >= 4 is 5.69 Å². The molecule has 1 saturated heterocycles. The molecule has 0 radical (unpaired) electrons. The lowest BCUT2D eigenvalue weighted by Crippen LogP contribution is -2.51. The molecule has 9 nitrogen and oxygen atoms in total. The molecule has 2 aromatic rings. The first kappa shape index (κ1) is 31.5. The third-order valence-corrected chi connectivity index (χ3v) is 7.72. The molecule has 1 fully saturated rings. The summed E-state index contributed by atoms with van der Waals surface area (Å²) in [6.45, 7) is 8.67. The number of nitrogens with one attached hydrogen (secondary N) is 1. The maximum absolute atomic E-state index is 10.2. The van der Waals surface area contributed by atoms with Crippen molar-refractivity contribution in [2.24, 2.45) is 0 Å². The highest BCUT2D eigenvalue weighted by atomic mass is 16.5. The van der Waals surface area contributed by atoms with Gasteiger partial charge in [-0.2, -0.15) is 0 Å². The van der Waals surface area contributed by atoms with Crippen molar-refractivity contribution in [3.05, 3.63) is 53.6 Å². The van der Waals surface area contributed by atoms with E-state index in [1.54, 1.807) is 14.2 Å². The first-order valence-electron chi connectivity index (χ1n) is 15.0. The molecule has 2 heterocycles. The van der Waals surface area contributed by atoms with Gasteiger partial charge in [-0.15, -0.1) is 0 Å². The Bertz CT molecular complexity index is 1020. The average molecular weight is 573 g/mol. The second-order valence-corrected chi connectivity index (χ2v) is 10.7. The summed E-state index contributed by atoms with van der Waals surface area (Å²) in [5, 5.41) is 13.7. The van der Waals surface area contributed by atoms with E-state index in [-0.39, 0.29) is 18.1 Å². The highest BCUT2D eigenvalue weighted by Crippen LogP contribution is 2.35. The minimum absolute atomic E-state index is 0.00866. The lowest BCUT2D eigenvalue weighted by molar-refractivity contribution is -0.0777. The summed E-state index contributed by atoms with van der Waals surface area (Å²) >= 11 is 0. The Morgan fingerprint density at radius 2 is 1.73 bits per heavy atom. The van der Waals surface area contributed by atoms with Crippen molar-refractivity contribution < 1.29 is 33.5 Å². The zero-order valence-electron chi connectivity index (χ0n) is 24.9. The number of rotatable bonds is 17. The largest absolute Gasteiger partial charge is 0.494 e. The van der Waals surface area contributed by atoms with Gasteiger partial charge in [0.05, 0.1) is 50.4 Å². The molecule has 0 amide bonds. The molecule has 2 N–H and O–H groups in total. The predicted octanol–water partition coefficient (Wildman–Crippen LogP) is 3.77. The van der Waals surface area contributed by atoms with E-state index in [4.69, 9.17) is 28.4 Å². The maximum Gasteiger partial charge on any atom is 0.142 e. The zero-order chi connectivity index (χ0) is 28.9. The van der Waals surface area contributed by atoms with Gasteiger partial charge in [0.25, 0.3) is 0 Å². The highest BCUT2D eigenvalue weighted by molar-refractivity contribution is 5.61. The maximum atomic E-state index is 10.2. The normalized spacial score (nSPS) is 21.3. The van der Waals surface area contributed by atoms with Gasteiger partial charge in [0.2, 0.25) is 0 Å². The summed E-state index contributed by atoms with van der Waals surface area (Å²) in [6, 6.07) is 14.6. The Kier molecular flexibility index (Phi) is 13.0. The van der Waals surface area contributed by atoms with Gasteiger partial charge in [-0.25, -0.2) is 0 Å². The van der Waals surface area contributed by atoms with Crippen LogP contribution < -0.4 is 19.7 Å². The van der Waals surface area contributed by atoms with Gasteiger partial charge in [0.1, 0.15) is 18.1 Å². The van der Waals surface area contributed by atoms with Crippen LogP contribution in [0.2, 0.25) is 0 Å². The molecule has 0 bridgehead atoms.